The third-order valence-corrected chi connectivity index (χ3v) is 5.85. The summed E-state index contributed by atoms with van der Waals surface area (Å²) in [5.74, 6) is -0.148. The molecule has 0 bridgehead atoms. The molecule has 6 nitrogen and oxygen atoms in total. The zero-order chi connectivity index (χ0) is 23.4. The summed E-state index contributed by atoms with van der Waals surface area (Å²) >= 11 is 0. The molecule has 4 rings (SSSR count). The third-order valence-electron chi connectivity index (χ3n) is 5.85. The summed E-state index contributed by atoms with van der Waals surface area (Å²) in [6.45, 7) is 3.35. The first-order chi connectivity index (χ1) is 15.8. The van der Waals surface area contributed by atoms with Crippen LogP contribution in [0.4, 0.5) is 24.5 Å². The highest BCUT2D eigenvalue weighted by Gasteiger charge is 2.32. The standard InChI is InChI=1S/C24H26F3N3O3/c25-24(26,27)19-3-6-22(30-11-13-33-14-12-30)21(15-19)28-23(32)16-29-9-7-18(8-10-29)17-1-4-20(31)5-2-17/h1-7,15,31H,8-14,16H2,(H,28,32). The zero-order valence-corrected chi connectivity index (χ0v) is 18.1. The summed E-state index contributed by atoms with van der Waals surface area (Å²) in [4.78, 5) is 16.6. The van der Waals surface area contributed by atoms with Crippen LogP contribution in [0.2, 0.25) is 0 Å². The Labute approximate surface area is 190 Å². The zero-order valence-electron chi connectivity index (χ0n) is 18.1. The molecule has 0 saturated carbocycles. The topological polar surface area (TPSA) is 65.0 Å². The van der Waals surface area contributed by atoms with Gasteiger partial charge in [0.05, 0.1) is 36.7 Å². The largest absolute Gasteiger partial charge is 0.508 e. The molecule has 0 aliphatic carbocycles. The van der Waals surface area contributed by atoms with Crippen molar-refractivity contribution in [3.8, 4) is 5.75 Å². The third kappa shape index (κ3) is 5.85. The van der Waals surface area contributed by atoms with Crippen LogP contribution in [0, 0.1) is 0 Å². The number of phenols is 1. The van der Waals surface area contributed by atoms with E-state index in [2.05, 4.69) is 5.32 Å². The summed E-state index contributed by atoms with van der Waals surface area (Å²) in [7, 11) is 0. The van der Waals surface area contributed by atoms with E-state index in [-0.39, 0.29) is 23.9 Å². The molecule has 2 aromatic carbocycles. The Balaban J connectivity index is 1.43. The van der Waals surface area contributed by atoms with Gasteiger partial charge in [-0.2, -0.15) is 13.2 Å². The van der Waals surface area contributed by atoms with Crippen LogP contribution in [0.15, 0.2) is 48.5 Å². The van der Waals surface area contributed by atoms with Gasteiger partial charge in [-0.3, -0.25) is 9.69 Å². The second kappa shape index (κ2) is 9.84. The van der Waals surface area contributed by atoms with E-state index >= 15 is 0 Å². The number of aromatic hydroxyl groups is 1. The summed E-state index contributed by atoms with van der Waals surface area (Å²) in [5, 5.41) is 12.1. The number of hydrogen-bond acceptors (Lipinski definition) is 5. The molecule has 0 radical (unpaired) electrons. The number of carbonyl (C=O) groups is 1. The van der Waals surface area contributed by atoms with Crippen LogP contribution >= 0.6 is 0 Å². The number of benzene rings is 2. The molecule has 0 aromatic heterocycles. The van der Waals surface area contributed by atoms with Crippen molar-refractivity contribution >= 4 is 22.9 Å². The number of carbonyl (C=O) groups excluding carboxylic acids is 1. The number of hydrogen-bond donors (Lipinski definition) is 2. The first-order valence-corrected chi connectivity index (χ1v) is 10.8. The molecule has 2 aliphatic rings. The lowest BCUT2D eigenvalue weighted by molar-refractivity contribution is -0.137. The number of alkyl halides is 3. The monoisotopic (exact) mass is 461 g/mol. The number of rotatable bonds is 5. The molecular weight excluding hydrogens is 435 g/mol. The number of nitrogens with zero attached hydrogens (tertiary/aromatic N) is 2. The Bertz CT molecular complexity index is 1020. The Kier molecular flexibility index (Phi) is 6.90. The molecule has 1 amide bonds. The number of nitrogens with one attached hydrogen (secondary N) is 1. The highest BCUT2D eigenvalue weighted by atomic mass is 19.4. The Morgan fingerprint density at radius 1 is 1.06 bits per heavy atom. The lowest BCUT2D eigenvalue weighted by Crippen LogP contribution is -2.38. The number of halogens is 3. The van der Waals surface area contributed by atoms with Gasteiger partial charge >= 0.3 is 6.18 Å². The van der Waals surface area contributed by atoms with Gasteiger partial charge in [0.15, 0.2) is 0 Å². The van der Waals surface area contributed by atoms with Crippen molar-refractivity contribution in [3.05, 3.63) is 59.7 Å². The quantitative estimate of drug-likeness (QED) is 0.706. The van der Waals surface area contributed by atoms with E-state index < -0.39 is 11.7 Å². The van der Waals surface area contributed by atoms with Gasteiger partial charge < -0.3 is 20.1 Å². The fourth-order valence-corrected chi connectivity index (χ4v) is 4.08. The van der Waals surface area contributed by atoms with Gasteiger partial charge in [0.2, 0.25) is 5.91 Å². The van der Waals surface area contributed by atoms with Gasteiger partial charge in [0.1, 0.15) is 5.75 Å². The highest BCUT2D eigenvalue weighted by Crippen LogP contribution is 2.36. The maximum atomic E-state index is 13.3. The van der Waals surface area contributed by atoms with E-state index in [1.807, 2.05) is 28.0 Å². The summed E-state index contributed by atoms with van der Waals surface area (Å²) in [6.07, 6.45) is -1.72. The summed E-state index contributed by atoms with van der Waals surface area (Å²) < 4.78 is 45.2. The molecular formula is C24H26F3N3O3. The molecule has 1 saturated heterocycles. The van der Waals surface area contributed by atoms with Crippen LogP contribution in [0.1, 0.15) is 17.5 Å². The van der Waals surface area contributed by atoms with E-state index in [1.165, 1.54) is 6.07 Å². The molecule has 0 spiro atoms. The van der Waals surface area contributed by atoms with E-state index in [4.69, 9.17) is 4.74 Å². The molecule has 33 heavy (non-hydrogen) atoms. The number of phenolic OH excluding ortho intramolecular Hbond substituents is 1. The second-order valence-corrected chi connectivity index (χ2v) is 8.14. The van der Waals surface area contributed by atoms with Crippen molar-refractivity contribution in [2.75, 3.05) is 56.2 Å². The highest BCUT2D eigenvalue weighted by molar-refractivity contribution is 5.96. The molecule has 2 heterocycles. The summed E-state index contributed by atoms with van der Waals surface area (Å²) in [5.41, 5.74) is 2.09. The average Bonchev–Trinajstić information content (AvgIpc) is 2.80. The van der Waals surface area contributed by atoms with Crippen LogP contribution in [0.25, 0.3) is 5.57 Å². The van der Waals surface area contributed by atoms with Crippen molar-refractivity contribution in [2.24, 2.45) is 0 Å². The maximum Gasteiger partial charge on any atom is 0.416 e. The number of ether oxygens (including phenoxy) is 1. The van der Waals surface area contributed by atoms with E-state index in [0.29, 0.717) is 45.1 Å². The van der Waals surface area contributed by atoms with Crippen molar-refractivity contribution in [1.29, 1.82) is 0 Å². The molecule has 0 atom stereocenters. The SMILES string of the molecule is O=C(CN1CC=C(c2ccc(O)cc2)CC1)Nc1cc(C(F)(F)F)ccc1N1CCOCC1. The Hall–Kier alpha value is -3.04. The van der Waals surface area contributed by atoms with Crippen molar-refractivity contribution < 1.29 is 27.8 Å². The lowest BCUT2D eigenvalue weighted by atomic mass is 9.99. The van der Waals surface area contributed by atoms with Crippen LogP contribution in [0.5, 0.6) is 5.75 Å². The van der Waals surface area contributed by atoms with Crippen LogP contribution < -0.4 is 10.2 Å². The maximum absolute atomic E-state index is 13.3. The normalized spacial score (nSPS) is 17.5. The smallest absolute Gasteiger partial charge is 0.416 e. The minimum atomic E-state index is -4.49. The predicted molar refractivity (Wildman–Crippen MR) is 120 cm³/mol. The van der Waals surface area contributed by atoms with Gasteiger partial charge in [0, 0.05) is 26.2 Å². The van der Waals surface area contributed by atoms with Crippen molar-refractivity contribution in [2.45, 2.75) is 12.6 Å². The fraction of sp³-hybridized carbons (Fsp3) is 0.375. The number of morpholine rings is 1. The number of anilines is 2. The fourth-order valence-electron chi connectivity index (χ4n) is 4.08. The van der Waals surface area contributed by atoms with Gasteiger partial charge in [-0.15, -0.1) is 0 Å². The Morgan fingerprint density at radius 3 is 2.42 bits per heavy atom. The molecule has 2 aliphatic heterocycles. The predicted octanol–water partition coefficient (Wildman–Crippen LogP) is 3.98. The van der Waals surface area contributed by atoms with E-state index in [1.54, 1.807) is 12.1 Å². The lowest BCUT2D eigenvalue weighted by Gasteiger charge is -2.31. The second-order valence-electron chi connectivity index (χ2n) is 8.14. The molecule has 2 N–H and O–H groups in total. The van der Waals surface area contributed by atoms with Gasteiger partial charge in [-0.1, -0.05) is 18.2 Å². The van der Waals surface area contributed by atoms with E-state index in [9.17, 15) is 23.1 Å². The molecule has 9 heteroatoms. The molecule has 2 aromatic rings. The van der Waals surface area contributed by atoms with E-state index in [0.717, 1.165) is 29.7 Å². The number of amides is 1. The molecule has 1 fully saturated rings. The Morgan fingerprint density at radius 2 is 1.79 bits per heavy atom. The first-order valence-electron chi connectivity index (χ1n) is 10.8. The van der Waals surface area contributed by atoms with Gasteiger partial charge in [-0.05, 0) is 47.9 Å². The van der Waals surface area contributed by atoms with Crippen LogP contribution in [-0.2, 0) is 15.7 Å². The minimum absolute atomic E-state index is 0.0815. The minimum Gasteiger partial charge on any atom is -0.508 e. The van der Waals surface area contributed by atoms with Gasteiger partial charge in [0.25, 0.3) is 0 Å². The molecule has 0 unspecified atom stereocenters. The van der Waals surface area contributed by atoms with Crippen LogP contribution in [0.3, 0.4) is 0 Å². The average molecular weight is 461 g/mol. The first kappa shape index (κ1) is 23.1. The van der Waals surface area contributed by atoms with Crippen LogP contribution in [-0.4, -0.2) is 61.9 Å². The van der Waals surface area contributed by atoms with Gasteiger partial charge in [-0.25, -0.2) is 0 Å². The van der Waals surface area contributed by atoms with Crippen molar-refractivity contribution in [1.82, 2.24) is 4.90 Å². The molecule has 176 valence electrons. The summed E-state index contributed by atoms with van der Waals surface area (Å²) in [6, 6.07) is 10.4. The van der Waals surface area contributed by atoms with Crippen molar-refractivity contribution in [3.63, 3.8) is 0 Å².